The predicted molar refractivity (Wildman–Crippen MR) is 88.6 cm³/mol. The molecule has 0 heterocycles. The Bertz CT molecular complexity index is 647. The molecule has 1 aromatic carbocycles. The van der Waals surface area contributed by atoms with Gasteiger partial charge < -0.3 is 5.73 Å². The summed E-state index contributed by atoms with van der Waals surface area (Å²) >= 11 is 0. The van der Waals surface area contributed by atoms with Gasteiger partial charge in [0.05, 0.1) is 18.0 Å². The Morgan fingerprint density at radius 1 is 1.29 bits per heavy atom. The fourth-order valence-electron chi connectivity index (χ4n) is 1.62. The Morgan fingerprint density at radius 2 is 1.95 bits per heavy atom. The molecule has 0 saturated heterocycles. The lowest BCUT2D eigenvalue weighted by Gasteiger charge is -2.18. The van der Waals surface area contributed by atoms with E-state index in [2.05, 4.69) is 16.6 Å². The van der Waals surface area contributed by atoms with E-state index < -0.39 is 10.0 Å². The Morgan fingerprint density at radius 3 is 2.52 bits per heavy atom. The molecule has 5 heteroatoms. The van der Waals surface area contributed by atoms with Gasteiger partial charge in [-0.05, 0) is 36.5 Å². The van der Waals surface area contributed by atoms with E-state index in [4.69, 9.17) is 5.73 Å². The van der Waals surface area contributed by atoms with E-state index in [1.165, 1.54) is 0 Å². The van der Waals surface area contributed by atoms with Crippen LogP contribution in [0, 0.1) is 24.2 Å². The number of rotatable bonds is 4. The average molecular weight is 308 g/mol. The largest absolute Gasteiger partial charge is 0.320 e. The summed E-state index contributed by atoms with van der Waals surface area (Å²) in [6.07, 6.45) is 0.605. The highest BCUT2D eigenvalue weighted by atomic mass is 32.2. The highest BCUT2D eigenvalue weighted by Gasteiger charge is 2.18. The third-order valence-corrected chi connectivity index (χ3v) is 4.23. The summed E-state index contributed by atoms with van der Waals surface area (Å²) in [7, 11) is -3.35. The molecule has 116 valence electrons. The van der Waals surface area contributed by atoms with Gasteiger partial charge in [-0.1, -0.05) is 38.7 Å². The molecule has 0 aliphatic carbocycles. The minimum absolute atomic E-state index is 0.0156. The summed E-state index contributed by atoms with van der Waals surface area (Å²) < 4.78 is 27.0. The Hall–Kier alpha value is -1.51. The van der Waals surface area contributed by atoms with Crippen LogP contribution in [0.1, 0.15) is 38.3 Å². The lowest BCUT2D eigenvalue weighted by molar-refractivity contribution is 0.397. The molecule has 0 aromatic heterocycles. The first kappa shape index (κ1) is 17.5. The average Bonchev–Trinajstić information content (AvgIpc) is 2.36. The SMILES string of the molecule is Cc1ccc(C#CCN)cc1NS(=O)(=O)CCC(C)(C)C. The van der Waals surface area contributed by atoms with Gasteiger partial charge in [-0.2, -0.15) is 0 Å². The third kappa shape index (κ3) is 6.65. The zero-order valence-electron chi connectivity index (χ0n) is 13.2. The van der Waals surface area contributed by atoms with Gasteiger partial charge in [0.25, 0.3) is 0 Å². The van der Waals surface area contributed by atoms with E-state index in [0.717, 1.165) is 11.1 Å². The summed E-state index contributed by atoms with van der Waals surface area (Å²) in [5.74, 6) is 5.77. The van der Waals surface area contributed by atoms with Gasteiger partial charge in [0.2, 0.25) is 10.0 Å². The molecule has 21 heavy (non-hydrogen) atoms. The van der Waals surface area contributed by atoms with E-state index in [9.17, 15) is 8.42 Å². The van der Waals surface area contributed by atoms with Gasteiger partial charge in [-0.25, -0.2) is 8.42 Å². The van der Waals surface area contributed by atoms with Gasteiger partial charge >= 0.3 is 0 Å². The number of nitrogens with one attached hydrogen (secondary N) is 1. The molecule has 1 rings (SSSR count). The van der Waals surface area contributed by atoms with E-state index in [-0.39, 0.29) is 17.7 Å². The fraction of sp³-hybridized carbons (Fsp3) is 0.500. The lowest BCUT2D eigenvalue weighted by Crippen LogP contribution is -2.21. The van der Waals surface area contributed by atoms with Crippen molar-refractivity contribution in [2.75, 3.05) is 17.0 Å². The van der Waals surface area contributed by atoms with Crippen molar-refractivity contribution in [1.82, 2.24) is 0 Å². The summed E-state index contributed by atoms with van der Waals surface area (Å²) in [6.45, 7) is 8.21. The number of nitrogens with two attached hydrogens (primary N) is 1. The monoisotopic (exact) mass is 308 g/mol. The van der Waals surface area contributed by atoms with E-state index in [1.54, 1.807) is 6.07 Å². The van der Waals surface area contributed by atoms with Crippen LogP contribution in [0.2, 0.25) is 0 Å². The van der Waals surface area contributed by atoms with Gasteiger partial charge in [0.15, 0.2) is 0 Å². The lowest BCUT2D eigenvalue weighted by atomic mass is 9.94. The van der Waals surface area contributed by atoms with Crippen molar-refractivity contribution in [3.63, 3.8) is 0 Å². The highest BCUT2D eigenvalue weighted by Crippen LogP contribution is 2.22. The van der Waals surface area contributed by atoms with Crippen molar-refractivity contribution < 1.29 is 8.42 Å². The molecule has 3 N–H and O–H groups in total. The van der Waals surface area contributed by atoms with Crippen LogP contribution in [0.15, 0.2) is 18.2 Å². The van der Waals surface area contributed by atoms with Crippen molar-refractivity contribution in [3.05, 3.63) is 29.3 Å². The van der Waals surface area contributed by atoms with Crippen LogP contribution in [0.5, 0.6) is 0 Å². The predicted octanol–water partition coefficient (Wildman–Crippen LogP) is 2.48. The topological polar surface area (TPSA) is 72.2 Å². The second kappa shape index (κ2) is 6.97. The molecule has 0 unspecified atom stereocenters. The minimum Gasteiger partial charge on any atom is -0.320 e. The van der Waals surface area contributed by atoms with E-state index in [0.29, 0.717) is 12.1 Å². The summed E-state index contributed by atoms with van der Waals surface area (Å²) in [4.78, 5) is 0. The van der Waals surface area contributed by atoms with E-state index in [1.807, 2.05) is 39.8 Å². The quantitative estimate of drug-likeness (QED) is 0.839. The number of anilines is 1. The fourth-order valence-corrected chi connectivity index (χ4v) is 3.16. The van der Waals surface area contributed by atoms with Crippen LogP contribution >= 0.6 is 0 Å². The number of benzene rings is 1. The first-order chi connectivity index (χ1) is 9.63. The smallest absolute Gasteiger partial charge is 0.232 e. The van der Waals surface area contributed by atoms with E-state index >= 15 is 0 Å². The van der Waals surface area contributed by atoms with Gasteiger partial charge in [0.1, 0.15) is 0 Å². The second-order valence-electron chi connectivity index (χ2n) is 6.27. The van der Waals surface area contributed by atoms with Crippen molar-refractivity contribution in [2.45, 2.75) is 34.1 Å². The molecule has 4 nitrogen and oxygen atoms in total. The molecule has 0 saturated carbocycles. The van der Waals surface area contributed by atoms with Crippen molar-refractivity contribution >= 4 is 15.7 Å². The Balaban J connectivity index is 2.91. The molecule has 0 aliphatic rings. The molecule has 0 aliphatic heterocycles. The molecule has 0 spiro atoms. The molecular formula is C16H24N2O2S. The summed E-state index contributed by atoms with van der Waals surface area (Å²) in [6, 6.07) is 5.44. The van der Waals surface area contributed by atoms with Gasteiger partial charge in [0, 0.05) is 5.56 Å². The zero-order valence-corrected chi connectivity index (χ0v) is 14.0. The minimum atomic E-state index is -3.35. The van der Waals surface area contributed by atoms with Gasteiger partial charge in [-0.15, -0.1) is 0 Å². The normalized spacial score (nSPS) is 11.7. The molecule has 0 amide bonds. The molecule has 0 radical (unpaired) electrons. The molecule has 0 fully saturated rings. The van der Waals surface area contributed by atoms with Crippen LogP contribution in [-0.2, 0) is 10.0 Å². The number of hydrogen-bond donors (Lipinski definition) is 2. The third-order valence-electron chi connectivity index (χ3n) is 2.96. The maximum Gasteiger partial charge on any atom is 0.232 e. The van der Waals surface area contributed by atoms with Crippen LogP contribution < -0.4 is 10.5 Å². The van der Waals surface area contributed by atoms with Gasteiger partial charge in [-0.3, -0.25) is 4.72 Å². The summed E-state index contributed by atoms with van der Waals surface area (Å²) in [5, 5.41) is 0. The standard InChI is InChI=1S/C16H24N2O2S/c1-13-7-8-14(6-5-10-17)12-15(13)18-21(19,20)11-9-16(2,3)4/h7-8,12,18H,9-11,17H2,1-4H3. The van der Waals surface area contributed by atoms with Crippen LogP contribution in [-0.4, -0.2) is 20.7 Å². The van der Waals surface area contributed by atoms with Crippen LogP contribution in [0.25, 0.3) is 0 Å². The number of hydrogen-bond acceptors (Lipinski definition) is 3. The number of sulfonamides is 1. The molecular weight excluding hydrogens is 284 g/mol. The van der Waals surface area contributed by atoms with Crippen molar-refractivity contribution in [1.29, 1.82) is 0 Å². The number of aryl methyl sites for hydroxylation is 1. The molecule has 0 atom stereocenters. The van der Waals surface area contributed by atoms with Crippen molar-refractivity contribution in [2.24, 2.45) is 11.1 Å². The second-order valence-corrected chi connectivity index (χ2v) is 8.11. The summed E-state index contributed by atoms with van der Waals surface area (Å²) in [5.41, 5.74) is 7.52. The van der Waals surface area contributed by atoms with Crippen molar-refractivity contribution in [3.8, 4) is 11.8 Å². The Kier molecular flexibility index (Phi) is 5.82. The van der Waals surface area contributed by atoms with Crippen LogP contribution in [0.4, 0.5) is 5.69 Å². The highest BCUT2D eigenvalue weighted by molar-refractivity contribution is 7.92. The maximum atomic E-state index is 12.2. The zero-order chi connectivity index (χ0) is 16.1. The van der Waals surface area contributed by atoms with Crippen LogP contribution in [0.3, 0.4) is 0 Å². The molecule has 1 aromatic rings. The Labute approximate surface area is 128 Å². The first-order valence-corrected chi connectivity index (χ1v) is 8.58. The molecule has 0 bridgehead atoms. The first-order valence-electron chi connectivity index (χ1n) is 6.93. The maximum absolute atomic E-state index is 12.2.